The SMILES string of the molecule is C[C@@H](Nc1nc(Cl)nc2[nH][c]nc12)c1cccc(C(F)(F)CO)c1. The number of nitrogens with one attached hydrogen (secondary N) is 2. The van der Waals surface area contributed by atoms with E-state index in [9.17, 15) is 8.78 Å². The van der Waals surface area contributed by atoms with Crippen molar-refractivity contribution < 1.29 is 13.9 Å². The van der Waals surface area contributed by atoms with Crippen LogP contribution in [0, 0.1) is 6.33 Å². The van der Waals surface area contributed by atoms with Gasteiger partial charge in [0, 0.05) is 5.56 Å². The summed E-state index contributed by atoms with van der Waals surface area (Å²) in [5.41, 5.74) is 1.21. The van der Waals surface area contributed by atoms with Crippen LogP contribution in [0.15, 0.2) is 24.3 Å². The fourth-order valence-electron chi connectivity index (χ4n) is 2.27. The number of hydrogen-bond acceptors (Lipinski definition) is 5. The Hall–Kier alpha value is -2.32. The molecule has 6 nitrogen and oxygen atoms in total. The summed E-state index contributed by atoms with van der Waals surface area (Å²) in [5.74, 6) is -2.92. The Labute approximate surface area is 140 Å². The number of rotatable bonds is 5. The Morgan fingerprint density at radius 3 is 2.96 bits per heavy atom. The molecule has 0 aliphatic rings. The molecular weight excluding hydrogens is 340 g/mol. The highest BCUT2D eigenvalue weighted by molar-refractivity contribution is 6.28. The first-order valence-electron chi connectivity index (χ1n) is 7.05. The molecule has 0 fully saturated rings. The fourth-order valence-corrected chi connectivity index (χ4v) is 2.44. The molecule has 3 N–H and O–H groups in total. The number of halogens is 3. The van der Waals surface area contributed by atoms with Crippen LogP contribution in [0.1, 0.15) is 24.1 Å². The fraction of sp³-hybridized carbons (Fsp3) is 0.267. The molecule has 0 saturated carbocycles. The number of hydrogen-bond donors (Lipinski definition) is 3. The van der Waals surface area contributed by atoms with Gasteiger partial charge in [-0.1, -0.05) is 18.2 Å². The second-order valence-corrected chi connectivity index (χ2v) is 5.58. The van der Waals surface area contributed by atoms with Crippen LogP contribution in [0.25, 0.3) is 11.2 Å². The molecule has 0 spiro atoms. The third-order valence-corrected chi connectivity index (χ3v) is 3.73. The molecule has 125 valence electrons. The van der Waals surface area contributed by atoms with Gasteiger partial charge in [-0.3, -0.25) is 0 Å². The summed E-state index contributed by atoms with van der Waals surface area (Å²) in [6.45, 7) is 0.540. The van der Waals surface area contributed by atoms with E-state index in [4.69, 9.17) is 16.7 Å². The van der Waals surface area contributed by atoms with Crippen molar-refractivity contribution in [3.05, 3.63) is 47.0 Å². The second-order valence-electron chi connectivity index (χ2n) is 5.24. The number of H-pyrrole nitrogens is 1. The van der Waals surface area contributed by atoms with Crippen molar-refractivity contribution in [1.82, 2.24) is 19.9 Å². The lowest BCUT2D eigenvalue weighted by Gasteiger charge is -2.19. The number of aromatic amines is 1. The Kier molecular flexibility index (Phi) is 4.33. The Balaban J connectivity index is 1.91. The van der Waals surface area contributed by atoms with Crippen LogP contribution in [-0.4, -0.2) is 31.6 Å². The van der Waals surface area contributed by atoms with Crippen LogP contribution in [0.3, 0.4) is 0 Å². The summed E-state index contributed by atoms with van der Waals surface area (Å²) < 4.78 is 27.3. The lowest BCUT2D eigenvalue weighted by molar-refractivity contribution is -0.0556. The molecule has 2 aromatic heterocycles. The first-order chi connectivity index (χ1) is 11.4. The largest absolute Gasteiger partial charge is 0.390 e. The van der Waals surface area contributed by atoms with Gasteiger partial charge in [0.2, 0.25) is 5.28 Å². The molecule has 0 unspecified atom stereocenters. The molecule has 2 heterocycles. The summed E-state index contributed by atoms with van der Waals surface area (Å²) in [6.07, 6.45) is 2.55. The van der Waals surface area contributed by atoms with Crippen LogP contribution in [0.5, 0.6) is 0 Å². The van der Waals surface area contributed by atoms with Crippen LogP contribution >= 0.6 is 11.6 Å². The molecule has 0 saturated heterocycles. The van der Waals surface area contributed by atoms with E-state index in [2.05, 4.69) is 31.6 Å². The minimum Gasteiger partial charge on any atom is -0.390 e. The lowest BCUT2D eigenvalue weighted by atomic mass is 10.0. The summed E-state index contributed by atoms with van der Waals surface area (Å²) in [5, 5.41) is 11.9. The molecule has 24 heavy (non-hydrogen) atoms. The van der Waals surface area contributed by atoms with E-state index >= 15 is 0 Å². The van der Waals surface area contributed by atoms with Crippen molar-refractivity contribution in [2.75, 3.05) is 11.9 Å². The average molecular weight is 353 g/mol. The standard InChI is InChI=1S/C15H13ClF2N5O/c1-8(9-3-2-4-10(5-9)15(17,18)6-24)21-13-11-12(20-7-19-11)22-14(16)23-13/h2-5,8,24H,6H2,1H3,(H2,19,20,21,22,23)/t8-/m1/s1. The number of aliphatic hydroxyl groups is 1. The van der Waals surface area contributed by atoms with Gasteiger partial charge in [-0.15, -0.1) is 0 Å². The van der Waals surface area contributed by atoms with E-state index in [-0.39, 0.29) is 16.9 Å². The van der Waals surface area contributed by atoms with E-state index in [1.165, 1.54) is 18.2 Å². The number of fused-ring (bicyclic) bond motifs is 1. The van der Waals surface area contributed by atoms with E-state index in [0.29, 0.717) is 22.5 Å². The zero-order chi connectivity index (χ0) is 17.3. The quantitative estimate of drug-likeness (QED) is 0.614. The predicted octanol–water partition coefficient (Wildman–Crippen LogP) is 3.06. The van der Waals surface area contributed by atoms with Gasteiger partial charge >= 0.3 is 0 Å². The highest BCUT2D eigenvalue weighted by atomic mass is 35.5. The number of nitrogens with zero attached hydrogens (tertiary/aromatic N) is 3. The van der Waals surface area contributed by atoms with Crippen LogP contribution in [-0.2, 0) is 5.92 Å². The third kappa shape index (κ3) is 3.15. The maximum atomic E-state index is 13.6. The number of aliphatic hydroxyl groups excluding tert-OH is 1. The van der Waals surface area contributed by atoms with Crippen molar-refractivity contribution in [3.8, 4) is 0 Å². The molecule has 3 rings (SSSR count). The lowest BCUT2D eigenvalue weighted by Crippen LogP contribution is -2.19. The van der Waals surface area contributed by atoms with E-state index < -0.39 is 12.5 Å². The predicted molar refractivity (Wildman–Crippen MR) is 85.0 cm³/mol. The van der Waals surface area contributed by atoms with Crippen molar-refractivity contribution in [2.24, 2.45) is 0 Å². The van der Waals surface area contributed by atoms with Gasteiger partial charge in [0.05, 0.1) is 6.04 Å². The smallest absolute Gasteiger partial charge is 0.295 e. The van der Waals surface area contributed by atoms with Crippen molar-refractivity contribution in [1.29, 1.82) is 0 Å². The zero-order valence-corrected chi connectivity index (χ0v) is 13.3. The number of imidazole rings is 1. The zero-order valence-electron chi connectivity index (χ0n) is 12.5. The number of benzene rings is 1. The molecule has 0 bridgehead atoms. The van der Waals surface area contributed by atoms with Crippen LogP contribution < -0.4 is 5.32 Å². The molecule has 3 aromatic rings. The molecule has 9 heteroatoms. The van der Waals surface area contributed by atoms with Crippen molar-refractivity contribution in [3.63, 3.8) is 0 Å². The number of aromatic nitrogens is 4. The van der Waals surface area contributed by atoms with Gasteiger partial charge in [0.1, 0.15) is 6.61 Å². The maximum absolute atomic E-state index is 13.6. The van der Waals surface area contributed by atoms with E-state index in [0.717, 1.165) is 0 Å². The monoisotopic (exact) mass is 352 g/mol. The Morgan fingerprint density at radius 2 is 2.21 bits per heavy atom. The molecule has 0 amide bonds. The summed E-state index contributed by atoms with van der Waals surface area (Å²) in [6, 6.07) is 5.47. The summed E-state index contributed by atoms with van der Waals surface area (Å²) in [7, 11) is 0. The first kappa shape index (κ1) is 16.5. The van der Waals surface area contributed by atoms with Crippen molar-refractivity contribution >= 4 is 28.6 Å². The topological polar surface area (TPSA) is 86.7 Å². The third-order valence-electron chi connectivity index (χ3n) is 3.56. The van der Waals surface area contributed by atoms with Crippen molar-refractivity contribution in [2.45, 2.75) is 18.9 Å². The van der Waals surface area contributed by atoms with Gasteiger partial charge in [-0.25, -0.2) is 4.98 Å². The Bertz CT molecular complexity index is 870. The molecule has 1 atom stereocenters. The first-order valence-corrected chi connectivity index (χ1v) is 7.43. The van der Waals surface area contributed by atoms with Crippen LogP contribution in [0.4, 0.5) is 14.6 Å². The molecule has 0 aliphatic heterocycles. The average Bonchev–Trinajstić information content (AvgIpc) is 3.03. The highest BCUT2D eigenvalue weighted by Crippen LogP contribution is 2.30. The minimum absolute atomic E-state index is 0.0235. The molecule has 1 aromatic carbocycles. The summed E-state index contributed by atoms with van der Waals surface area (Å²) >= 11 is 5.86. The Morgan fingerprint density at radius 1 is 1.42 bits per heavy atom. The number of anilines is 1. The minimum atomic E-state index is -3.29. The highest BCUT2D eigenvalue weighted by Gasteiger charge is 2.30. The van der Waals surface area contributed by atoms with Gasteiger partial charge in [0.25, 0.3) is 5.92 Å². The second kappa shape index (κ2) is 6.29. The van der Waals surface area contributed by atoms with Gasteiger partial charge in [-0.2, -0.15) is 18.7 Å². The van der Waals surface area contributed by atoms with E-state index in [1.54, 1.807) is 13.0 Å². The van der Waals surface area contributed by atoms with Crippen LogP contribution in [0.2, 0.25) is 5.28 Å². The number of alkyl halides is 2. The molecule has 1 radical (unpaired) electrons. The normalized spacial score (nSPS) is 13.2. The van der Waals surface area contributed by atoms with Gasteiger partial charge in [-0.05, 0) is 30.2 Å². The molecular formula is C15H13ClF2N5O. The molecule has 0 aliphatic carbocycles. The maximum Gasteiger partial charge on any atom is 0.295 e. The van der Waals surface area contributed by atoms with Gasteiger partial charge < -0.3 is 15.4 Å². The summed E-state index contributed by atoms with van der Waals surface area (Å²) in [4.78, 5) is 14.8. The van der Waals surface area contributed by atoms with Gasteiger partial charge in [0.15, 0.2) is 23.3 Å². The van der Waals surface area contributed by atoms with E-state index in [1.807, 2.05) is 0 Å².